The fourth-order valence-corrected chi connectivity index (χ4v) is 6.59. The van der Waals surface area contributed by atoms with Gasteiger partial charge < -0.3 is 14.2 Å². The molecule has 0 aromatic rings. The summed E-state index contributed by atoms with van der Waals surface area (Å²) in [7, 11) is 0. The van der Waals surface area contributed by atoms with Gasteiger partial charge in [0.1, 0.15) is 13.2 Å². The summed E-state index contributed by atoms with van der Waals surface area (Å²) in [6.07, 6.45) is 65.7. The lowest BCUT2D eigenvalue weighted by molar-refractivity contribution is -0.166. The van der Waals surface area contributed by atoms with Gasteiger partial charge in [0.2, 0.25) is 0 Å². The van der Waals surface area contributed by atoms with Gasteiger partial charge in [0, 0.05) is 12.8 Å². The summed E-state index contributed by atoms with van der Waals surface area (Å²) in [6, 6.07) is 0. The summed E-state index contributed by atoms with van der Waals surface area (Å²) in [4.78, 5) is 37.8. The number of ether oxygens (including phenoxy) is 3. The minimum Gasteiger partial charge on any atom is -0.462 e. The van der Waals surface area contributed by atoms with Crippen molar-refractivity contribution >= 4 is 17.9 Å². The van der Waals surface area contributed by atoms with E-state index < -0.39 is 12.1 Å². The second kappa shape index (κ2) is 50.0. The molecule has 0 saturated carbocycles. The first kappa shape index (κ1) is 58.3. The van der Waals surface area contributed by atoms with Crippen LogP contribution in [0.3, 0.4) is 0 Å². The monoisotopic (exact) mass is 861 g/mol. The Bertz CT molecular complexity index is 1260. The van der Waals surface area contributed by atoms with Crippen molar-refractivity contribution in [2.24, 2.45) is 0 Å². The van der Waals surface area contributed by atoms with Crippen LogP contribution in [-0.2, 0) is 28.6 Å². The zero-order chi connectivity index (χ0) is 45.1. The number of esters is 3. The van der Waals surface area contributed by atoms with E-state index in [0.29, 0.717) is 12.8 Å². The highest BCUT2D eigenvalue weighted by molar-refractivity contribution is 5.72. The molecule has 0 radical (unpaired) electrons. The molecule has 6 heteroatoms. The van der Waals surface area contributed by atoms with E-state index in [-0.39, 0.29) is 31.6 Å². The Kier molecular flexibility index (Phi) is 47.0. The largest absolute Gasteiger partial charge is 0.462 e. The van der Waals surface area contributed by atoms with Gasteiger partial charge >= 0.3 is 17.9 Å². The maximum absolute atomic E-state index is 12.8. The first-order chi connectivity index (χ1) is 30.5. The Hall–Kier alpha value is -3.67. The second-order valence-corrected chi connectivity index (χ2v) is 16.4. The van der Waals surface area contributed by atoms with Gasteiger partial charge in [-0.2, -0.15) is 0 Å². The fraction of sp³-hybridized carbons (Fsp3) is 0.661. The molecular formula is C56H92O6. The molecule has 352 valence electrons. The number of hydrogen-bond acceptors (Lipinski definition) is 6. The van der Waals surface area contributed by atoms with Crippen molar-refractivity contribution in [1.29, 1.82) is 0 Å². The minimum absolute atomic E-state index is 0.120. The number of carbonyl (C=O) groups is 3. The van der Waals surface area contributed by atoms with Gasteiger partial charge in [-0.25, -0.2) is 0 Å². The van der Waals surface area contributed by atoms with Crippen LogP contribution in [0, 0.1) is 0 Å². The molecule has 1 unspecified atom stereocenters. The SMILES string of the molecule is CC/C=C\C/C=C\C/C=C\CC(=O)OCC(COC(=O)CCCCCCC\C=C/C=C\C=C/CCCCCCC)OC(=O)CCCCCCCCC/C=C\C/C=C\CCCCC. The van der Waals surface area contributed by atoms with Gasteiger partial charge in [-0.1, -0.05) is 208 Å². The van der Waals surface area contributed by atoms with Crippen molar-refractivity contribution in [1.82, 2.24) is 0 Å². The van der Waals surface area contributed by atoms with E-state index in [4.69, 9.17) is 14.2 Å². The second-order valence-electron chi connectivity index (χ2n) is 16.4. The Balaban J connectivity index is 4.44. The molecule has 1 atom stereocenters. The smallest absolute Gasteiger partial charge is 0.309 e. The van der Waals surface area contributed by atoms with Crippen LogP contribution in [-0.4, -0.2) is 37.2 Å². The third-order valence-electron chi connectivity index (χ3n) is 10.4. The van der Waals surface area contributed by atoms with Crippen LogP contribution < -0.4 is 0 Å². The molecule has 0 aliphatic carbocycles. The third-order valence-corrected chi connectivity index (χ3v) is 10.4. The Labute approximate surface area is 381 Å². The van der Waals surface area contributed by atoms with E-state index in [2.05, 4.69) is 106 Å². The molecule has 0 aliphatic rings. The van der Waals surface area contributed by atoms with Crippen LogP contribution in [0.4, 0.5) is 0 Å². The Morgan fingerprint density at radius 2 is 0.758 bits per heavy atom. The van der Waals surface area contributed by atoms with Crippen molar-refractivity contribution in [3.8, 4) is 0 Å². The molecule has 0 aromatic carbocycles. The molecule has 0 spiro atoms. The summed E-state index contributed by atoms with van der Waals surface area (Å²) < 4.78 is 16.6. The average molecular weight is 861 g/mol. The molecule has 0 aliphatic heterocycles. The van der Waals surface area contributed by atoms with Crippen molar-refractivity contribution in [2.75, 3.05) is 13.2 Å². The Morgan fingerprint density at radius 3 is 1.29 bits per heavy atom. The van der Waals surface area contributed by atoms with Gasteiger partial charge in [0.15, 0.2) is 6.10 Å². The molecular weight excluding hydrogens is 769 g/mol. The molecule has 0 amide bonds. The topological polar surface area (TPSA) is 78.9 Å². The van der Waals surface area contributed by atoms with Gasteiger partial charge in [0.05, 0.1) is 6.42 Å². The maximum Gasteiger partial charge on any atom is 0.309 e. The quantitative estimate of drug-likeness (QED) is 0.0200. The molecule has 0 N–H and O–H groups in total. The molecule has 0 heterocycles. The number of allylic oxidation sites excluding steroid dienone is 15. The van der Waals surface area contributed by atoms with Crippen LogP contribution in [0.2, 0.25) is 0 Å². The van der Waals surface area contributed by atoms with E-state index in [9.17, 15) is 14.4 Å². The van der Waals surface area contributed by atoms with E-state index in [1.165, 1.54) is 83.5 Å². The fourth-order valence-electron chi connectivity index (χ4n) is 6.59. The average Bonchev–Trinajstić information content (AvgIpc) is 3.27. The summed E-state index contributed by atoms with van der Waals surface area (Å²) in [5.74, 6) is -1.08. The third kappa shape index (κ3) is 47.4. The molecule has 0 rings (SSSR count). The molecule has 62 heavy (non-hydrogen) atoms. The maximum atomic E-state index is 12.8. The van der Waals surface area contributed by atoms with E-state index >= 15 is 0 Å². The molecule has 0 fully saturated rings. The predicted molar refractivity (Wildman–Crippen MR) is 265 cm³/mol. The summed E-state index contributed by atoms with van der Waals surface area (Å²) in [6.45, 7) is 6.34. The highest BCUT2D eigenvalue weighted by Gasteiger charge is 2.19. The van der Waals surface area contributed by atoms with Crippen LogP contribution in [0.25, 0.3) is 0 Å². The number of unbranched alkanes of at least 4 members (excludes halogenated alkanes) is 20. The van der Waals surface area contributed by atoms with Crippen molar-refractivity contribution in [2.45, 2.75) is 226 Å². The van der Waals surface area contributed by atoms with Crippen LogP contribution >= 0.6 is 0 Å². The lowest BCUT2D eigenvalue weighted by Gasteiger charge is -2.18. The zero-order valence-corrected chi connectivity index (χ0v) is 40.1. The Morgan fingerprint density at radius 1 is 0.371 bits per heavy atom. The highest BCUT2D eigenvalue weighted by atomic mass is 16.6. The van der Waals surface area contributed by atoms with Gasteiger partial charge in [-0.05, 0) is 89.9 Å². The van der Waals surface area contributed by atoms with Crippen molar-refractivity contribution in [3.05, 3.63) is 97.2 Å². The number of rotatable bonds is 44. The molecule has 0 bridgehead atoms. The van der Waals surface area contributed by atoms with Crippen molar-refractivity contribution in [3.63, 3.8) is 0 Å². The zero-order valence-electron chi connectivity index (χ0n) is 40.1. The standard InChI is InChI=1S/C56H92O6/c1-4-7-10-13-16-19-21-23-25-27-29-30-32-34-37-40-43-46-49-55(58)61-52-53(51-60-54(57)48-45-42-39-36-18-15-12-9-6-3)62-56(59)50-47-44-41-38-35-33-31-28-26-24-22-20-17-14-11-8-5-2/h9,12,17-18,20-21,23-27,29-30,36,42,45,53H,4-8,10-11,13-16,19,22,28,31-35,37-41,43-44,46-52H2,1-3H3/b12-9-,20-17-,23-21-,26-24-,27-25-,30-29-,36-18-,45-42-. The van der Waals surface area contributed by atoms with Gasteiger partial charge in [0.25, 0.3) is 0 Å². The minimum atomic E-state index is -0.825. The summed E-state index contributed by atoms with van der Waals surface area (Å²) >= 11 is 0. The highest BCUT2D eigenvalue weighted by Crippen LogP contribution is 2.13. The molecule has 6 nitrogen and oxygen atoms in total. The van der Waals surface area contributed by atoms with E-state index in [1.54, 1.807) is 6.08 Å². The lowest BCUT2D eigenvalue weighted by Crippen LogP contribution is -2.30. The first-order valence-electron chi connectivity index (χ1n) is 25.3. The molecule has 0 saturated heterocycles. The number of hydrogen-bond donors (Lipinski definition) is 0. The summed E-state index contributed by atoms with van der Waals surface area (Å²) in [5, 5.41) is 0. The van der Waals surface area contributed by atoms with Gasteiger partial charge in [-0.3, -0.25) is 14.4 Å². The van der Waals surface area contributed by atoms with Crippen LogP contribution in [0.15, 0.2) is 97.2 Å². The van der Waals surface area contributed by atoms with E-state index in [0.717, 1.165) is 96.3 Å². The predicted octanol–water partition coefficient (Wildman–Crippen LogP) is 16.6. The first-order valence-corrected chi connectivity index (χ1v) is 25.3. The lowest BCUT2D eigenvalue weighted by atomic mass is 10.1. The summed E-state index contributed by atoms with van der Waals surface area (Å²) in [5.41, 5.74) is 0. The normalized spacial score (nSPS) is 12.9. The van der Waals surface area contributed by atoms with Gasteiger partial charge in [-0.15, -0.1) is 0 Å². The molecule has 0 aromatic heterocycles. The van der Waals surface area contributed by atoms with Crippen LogP contribution in [0.1, 0.15) is 220 Å². The van der Waals surface area contributed by atoms with E-state index in [1.807, 2.05) is 6.08 Å². The number of carbonyl (C=O) groups excluding carboxylic acids is 3. The van der Waals surface area contributed by atoms with Crippen molar-refractivity contribution < 1.29 is 28.6 Å². The van der Waals surface area contributed by atoms with Crippen LogP contribution in [0.5, 0.6) is 0 Å².